The summed E-state index contributed by atoms with van der Waals surface area (Å²) in [6.45, 7) is 3.53. The van der Waals surface area contributed by atoms with Crippen LogP contribution >= 0.6 is 0 Å². The van der Waals surface area contributed by atoms with Crippen LogP contribution in [0.15, 0.2) is 30.5 Å². The molecule has 106 valence electrons. The summed E-state index contributed by atoms with van der Waals surface area (Å²) in [5, 5.41) is 11.5. The molecule has 0 atom stereocenters. The maximum Gasteiger partial charge on any atom is 0.276 e. The zero-order valence-electron chi connectivity index (χ0n) is 11.8. The van der Waals surface area contributed by atoms with Crippen molar-refractivity contribution in [2.75, 3.05) is 11.9 Å². The third-order valence-corrected chi connectivity index (χ3v) is 2.66. The smallest absolute Gasteiger partial charge is 0.276 e. The Morgan fingerprint density at radius 3 is 2.90 bits per heavy atom. The average Bonchev–Trinajstić information content (AvgIpc) is 2.44. The molecule has 2 rings (SSSR count). The molecule has 21 heavy (non-hydrogen) atoms. The van der Waals surface area contributed by atoms with Crippen LogP contribution in [-0.4, -0.2) is 27.6 Å². The van der Waals surface area contributed by atoms with Crippen molar-refractivity contribution in [1.82, 2.24) is 9.97 Å². The molecule has 0 aromatic carbocycles. The van der Waals surface area contributed by atoms with Gasteiger partial charge in [-0.2, -0.15) is 0 Å². The fourth-order valence-corrected chi connectivity index (χ4v) is 1.90. The molecule has 0 saturated carbocycles. The number of aliphatic hydroxyl groups is 1. The van der Waals surface area contributed by atoms with E-state index in [1.54, 1.807) is 18.2 Å². The number of aliphatic hydroxyl groups excluding tert-OH is 1. The second kappa shape index (κ2) is 6.64. The Morgan fingerprint density at radius 1 is 1.38 bits per heavy atom. The van der Waals surface area contributed by atoms with Gasteiger partial charge in [-0.25, -0.2) is 9.97 Å². The number of aromatic nitrogens is 2. The van der Waals surface area contributed by atoms with E-state index in [9.17, 15) is 4.79 Å². The van der Waals surface area contributed by atoms with Gasteiger partial charge in [-0.15, -0.1) is 0 Å². The van der Waals surface area contributed by atoms with E-state index in [1.165, 1.54) is 6.20 Å². The van der Waals surface area contributed by atoms with E-state index in [4.69, 9.17) is 5.11 Å². The number of aryl methyl sites for hydroxylation is 2. The van der Waals surface area contributed by atoms with Crippen molar-refractivity contribution in [3.8, 4) is 11.8 Å². The minimum absolute atomic E-state index is 0.208. The number of amides is 1. The van der Waals surface area contributed by atoms with Crippen molar-refractivity contribution in [3.63, 3.8) is 0 Å². The molecule has 2 aromatic heterocycles. The molecule has 0 spiro atoms. The van der Waals surface area contributed by atoms with Gasteiger partial charge in [0.15, 0.2) is 0 Å². The van der Waals surface area contributed by atoms with E-state index in [0.29, 0.717) is 11.4 Å². The molecule has 1 amide bonds. The minimum atomic E-state index is -0.379. The zero-order chi connectivity index (χ0) is 15.2. The lowest BCUT2D eigenvalue weighted by molar-refractivity contribution is 0.102. The summed E-state index contributed by atoms with van der Waals surface area (Å²) in [5.41, 5.74) is 2.51. The number of rotatable bonds is 2. The minimum Gasteiger partial charge on any atom is -0.384 e. The van der Waals surface area contributed by atoms with Gasteiger partial charge in [-0.05, 0) is 43.7 Å². The van der Waals surface area contributed by atoms with Gasteiger partial charge >= 0.3 is 0 Å². The number of hydrogen-bond donors (Lipinski definition) is 2. The summed E-state index contributed by atoms with van der Waals surface area (Å²) < 4.78 is 0. The van der Waals surface area contributed by atoms with Crippen LogP contribution < -0.4 is 5.32 Å². The van der Waals surface area contributed by atoms with Gasteiger partial charge in [-0.3, -0.25) is 4.79 Å². The van der Waals surface area contributed by atoms with Crippen LogP contribution in [-0.2, 0) is 0 Å². The Balaban J connectivity index is 2.28. The molecule has 5 nitrogen and oxygen atoms in total. The lowest BCUT2D eigenvalue weighted by Gasteiger charge is -2.07. The standard InChI is InChI=1S/C16H15N3O2/c1-11-9-12(2)18-14(10-11)19-16(21)15-13(6-4-8-20)5-3-7-17-15/h3,5,7,9-10,20H,8H2,1-2H3,(H,18,19,21). The van der Waals surface area contributed by atoms with Crippen LogP contribution in [0.25, 0.3) is 0 Å². The molecule has 0 fully saturated rings. The predicted molar refractivity (Wildman–Crippen MR) is 79.9 cm³/mol. The van der Waals surface area contributed by atoms with Gasteiger partial charge < -0.3 is 10.4 Å². The topological polar surface area (TPSA) is 75.1 Å². The van der Waals surface area contributed by atoms with Gasteiger partial charge in [0.05, 0.1) is 5.56 Å². The second-order valence-corrected chi connectivity index (χ2v) is 4.48. The first kappa shape index (κ1) is 14.7. The first-order valence-corrected chi connectivity index (χ1v) is 6.41. The highest BCUT2D eigenvalue weighted by molar-refractivity contribution is 6.04. The van der Waals surface area contributed by atoms with Crippen LogP contribution in [0, 0.1) is 25.7 Å². The first-order chi connectivity index (χ1) is 10.1. The Labute approximate surface area is 123 Å². The van der Waals surface area contributed by atoms with Gasteiger partial charge in [0.2, 0.25) is 0 Å². The number of carbonyl (C=O) groups is 1. The number of anilines is 1. The Bertz CT molecular complexity index is 710. The lowest BCUT2D eigenvalue weighted by atomic mass is 10.2. The monoisotopic (exact) mass is 281 g/mol. The van der Waals surface area contributed by atoms with Gasteiger partial charge in [-0.1, -0.05) is 11.8 Å². The maximum atomic E-state index is 12.3. The Hall–Kier alpha value is -2.71. The molecule has 5 heteroatoms. The van der Waals surface area contributed by atoms with E-state index in [0.717, 1.165) is 11.3 Å². The van der Waals surface area contributed by atoms with Crippen molar-refractivity contribution in [2.45, 2.75) is 13.8 Å². The Kier molecular flexibility index (Phi) is 4.64. The number of carbonyl (C=O) groups excluding carboxylic acids is 1. The van der Waals surface area contributed by atoms with E-state index in [2.05, 4.69) is 27.1 Å². The molecule has 2 aromatic rings. The lowest BCUT2D eigenvalue weighted by Crippen LogP contribution is -2.16. The molecular formula is C16H15N3O2. The van der Waals surface area contributed by atoms with E-state index in [1.807, 2.05) is 19.9 Å². The predicted octanol–water partition coefficient (Wildman–Crippen LogP) is 1.69. The summed E-state index contributed by atoms with van der Waals surface area (Å²) >= 11 is 0. The van der Waals surface area contributed by atoms with Crippen LogP contribution in [0.5, 0.6) is 0 Å². The highest BCUT2D eigenvalue weighted by Crippen LogP contribution is 2.11. The molecule has 0 bridgehead atoms. The van der Waals surface area contributed by atoms with E-state index < -0.39 is 0 Å². The molecule has 0 radical (unpaired) electrons. The van der Waals surface area contributed by atoms with Crippen molar-refractivity contribution >= 4 is 11.7 Å². The fourth-order valence-electron chi connectivity index (χ4n) is 1.90. The highest BCUT2D eigenvalue weighted by Gasteiger charge is 2.12. The number of nitrogens with zero attached hydrogens (tertiary/aromatic N) is 2. The van der Waals surface area contributed by atoms with Crippen molar-refractivity contribution in [1.29, 1.82) is 0 Å². The quantitative estimate of drug-likeness (QED) is 0.821. The normalized spacial score (nSPS) is 9.67. The van der Waals surface area contributed by atoms with E-state index >= 15 is 0 Å². The summed E-state index contributed by atoms with van der Waals surface area (Å²) in [4.78, 5) is 20.6. The van der Waals surface area contributed by atoms with Gasteiger partial charge in [0.1, 0.15) is 18.1 Å². The first-order valence-electron chi connectivity index (χ1n) is 6.41. The van der Waals surface area contributed by atoms with Gasteiger partial charge in [0, 0.05) is 11.9 Å². The third-order valence-electron chi connectivity index (χ3n) is 2.66. The number of nitrogens with one attached hydrogen (secondary N) is 1. The van der Waals surface area contributed by atoms with Crippen LogP contribution in [0.2, 0.25) is 0 Å². The van der Waals surface area contributed by atoms with Gasteiger partial charge in [0.25, 0.3) is 5.91 Å². The number of hydrogen-bond acceptors (Lipinski definition) is 4. The second-order valence-electron chi connectivity index (χ2n) is 4.48. The molecule has 2 N–H and O–H groups in total. The highest BCUT2D eigenvalue weighted by atomic mass is 16.2. The summed E-state index contributed by atoms with van der Waals surface area (Å²) in [6.07, 6.45) is 1.52. The molecule has 0 aliphatic carbocycles. The molecule has 0 unspecified atom stereocenters. The third kappa shape index (κ3) is 3.88. The number of pyridine rings is 2. The summed E-state index contributed by atoms with van der Waals surface area (Å²) in [5.74, 6) is 5.32. The SMILES string of the molecule is Cc1cc(C)nc(NC(=O)c2ncccc2C#CCO)c1. The van der Waals surface area contributed by atoms with Crippen LogP contribution in [0.1, 0.15) is 27.3 Å². The molecule has 2 heterocycles. The van der Waals surface area contributed by atoms with Crippen molar-refractivity contribution < 1.29 is 9.90 Å². The molecule has 0 aliphatic heterocycles. The van der Waals surface area contributed by atoms with Crippen molar-refractivity contribution in [2.24, 2.45) is 0 Å². The largest absolute Gasteiger partial charge is 0.384 e. The Morgan fingerprint density at radius 2 is 2.19 bits per heavy atom. The molecular weight excluding hydrogens is 266 g/mol. The van der Waals surface area contributed by atoms with Crippen LogP contribution in [0.3, 0.4) is 0 Å². The average molecular weight is 281 g/mol. The van der Waals surface area contributed by atoms with Crippen LogP contribution in [0.4, 0.5) is 5.82 Å². The summed E-state index contributed by atoms with van der Waals surface area (Å²) in [7, 11) is 0. The van der Waals surface area contributed by atoms with Crippen molar-refractivity contribution in [3.05, 3.63) is 53.0 Å². The molecule has 0 aliphatic rings. The zero-order valence-corrected chi connectivity index (χ0v) is 11.8. The molecule has 0 saturated heterocycles. The summed E-state index contributed by atoms with van der Waals surface area (Å²) in [6, 6.07) is 7.08. The fraction of sp³-hybridized carbons (Fsp3) is 0.188. The van der Waals surface area contributed by atoms with E-state index in [-0.39, 0.29) is 18.2 Å². The maximum absolute atomic E-state index is 12.3.